The van der Waals surface area contributed by atoms with E-state index in [0.717, 1.165) is 28.0 Å². The number of amides is 1. The van der Waals surface area contributed by atoms with Crippen molar-refractivity contribution in [2.75, 3.05) is 13.6 Å². The minimum Gasteiger partial charge on any atom is -0.369 e. The third-order valence-electron chi connectivity index (χ3n) is 5.14. The van der Waals surface area contributed by atoms with Crippen molar-refractivity contribution in [3.8, 4) is 23.1 Å². The molecule has 0 saturated carbocycles. The van der Waals surface area contributed by atoms with Crippen LogP contribution >= 0.6 is 0 Å². The number of likely N-dealkylation sites (tertiary alicyclic amines) is 1. The predicted molar refractivity (Wildman–Crippen MR) is 111 cm³/mol. The number of likely N-dealkylation sites (N-methyl/N-ethyl adjacent to an activating group) is 1. The second-order valence-corrected chi connectivity index (χ2v) is 7.65. The van der Waals surface area contributed by atoms with Crippen molar-refractivity contribution in [2.24, 2.45) is 0 Å². The molecule has 146 valence electrons. The molecule has 1 unspecified atom stereocenters. The Balaban J connectivity index is 1.71. The first-order chi connectivity index (χ1) is 13.9. The number of benzene rings is 1. The van der Waals surface area contributed by atoms with Gasteiger partial charge in [0.05, 0.1) is 16.9 Å². The fourth-order valence-corrected chi connectivity index (χ4v) is 3.44. The quantitative estimate of drug-likeness (QED) is 0.685. The average Bonchev–Trinajstić information content (AvgIpc) is 2.99. The molecule has 6 nitrogen and oxygen atoms in total. The summed E-state index contributed by atoms with van der Waals surface area (Å²) in [6.45, 7) is 4.67. The van der Waals surface area contributed by atoms with Gasteiger partial charge in [-0.05, 0) is 30.2 Å². The van der Waals surface area contributed by atoms with Crippen molar-refractivity contribution >= 4 is 16.9 Å². The molecular formula is C23H22N4O2. The lowest BCUT2D eigenvalue weighted by Crippen LogP contribution is -2.37. The van der Waals surface area contributed by atoms with Crippen LogP contribution in [-0.2, 0) is 4.79 Å². The minimum absolute atomic E-state index is 0.239. The van der Waals surface area contributed by atoms with Crippen LogP contribution in [0.2, 0.25) is 0 Å². The fraction of sp³-hybridized carbons (Fsp3) is 0.304. The van der Waals surface area contributed by atoms with Crippen LogP contribution in [0.1, 0.15) is 37.4 Å². The zero-order valence-electron chi connectivity index (χ0n) is 16.7. The van der Waals surface area contributed by atoms with Gasteiger partial charge in [0.1, 0.15) is 11.8 Å². The summed E-state index contributed by atoms with van der Waals surface area (Å²) < 4.78 is 0. The molecule has 0 aliphatic carbocycles. The SMILES string of the molecule is CC(C)c1ncnc2ccc(-c3cccc(C#CC4(O)CCN(C)C4=O)c3)nc12. The minimum atomic E-state index is -1.60. The number of carbonyl (C=O) groups excluding carboxylic acids is 1. The highest BCUT2D eigenvalue weighted by Crippen LogP contribution is 2.25. The molecule has 1 amide bonds. The van der Waals surface area contributed by atoms with Crippen molar-refractivity contribution in [2.45, 2.75) is 31.8 Å². The topological polar surface area (TPSA) is 79.2 Å². The summed E-state index contributed by atoms with van der Waals surface area (Å²) in [5, 5.41) is 10.5. The summed E-state index contributed by atoms with van der Waals surface area (Å²) in [4.78, 5) is 27.1. The van der Waals surface area contributed by atoms with Gasteiger partial charge in [-0.15, -0.1) is 0 Å². The molecule has 6 heteroatoms. The molecule has 29 heavy (non-hydrogen) atoms. The Kier molecular flexibility index (Phi) is 4.77. The van der Waals surface area contributed by atoms with Crippen LogP contribution < -0.4 is 0 Å². The van der Waals surface area contributed by atoms with E-state index >= 15 is 0 Å². The van der Waals surface area contributed by atoms with E-state index in [1.165, 1.54) is 4.90 Å². The van der Waals surface area contributed by atoms with Crippen molar-refractivity contribution in [1.29, 1.82) is 0 Å². The average molecular weight is 386 g/mol. The zero-order valence-corrected chi connectivity index (χ0v) is 16.7. The number of fused-ring (bicyclic) bond motifs is 1. The standard InChI is InChI=1S/C23H22N4O2/c1-15(2)20-21-19(24-14-25-20)8-7-18(26-21)17-6-4-5-16(13-17)9-10-23(29)11-12-27(3)22(23)28/h4-8,13-15,29H,11-12H2,1-3H3. The third kappa shape index (κ3) is 3.57. The number of aromatic nitrogens is 3. The molecule has 1 aliphatic heterocycles. The van der Waals surface area contributed by atoms with Gasteiger partial charge in [-0.2, -0.15) is 0 Å². The second kappa shape index (κ2) is 7.26. The first-order valence-corrected chi connectivity index (χ1v) is 9.60. The van der Waals surface area contributed by atoms with E-state index in [4.69, 9.17) is 4.98 Å². The lowest BCUT2D eigenvalue weighted by molar-refractivity contribution is -0.137. The molecule has 0 bridgehead atoms. The predicted octanol–water partition coefficient (Wildman–Crippen LogP) is 2.76. The van der Waals surface area contributed by atoms with E-state index < -0.39 is 5.60 Å². The molecule has 0 radical (unpaired) electrons. The number of hydrogen-bond acceptors (Lipinski definition) is 5. The van der Waals surface area contributed by atoms with E-state index in [1.54, 1.807) is 13.4 Å². The van der Waals surface area contributed by atoms with Crippen LogP contribution in [0.15, 0.2) is 42.7 Å². The first kappa shape index (κ1) is 19.0. The van der Waals surface area contributed by atoms with Gasteiger partial charge in [0.2, 0.25) is 5.60 Å². The second-order valence-electron chi connectivity index (χ2n) is 7.65. The molecule has 3 aromatic rings. The van der Waals surface area contributed by atoms with E-state index in [2.05, 4.69) is 35.7 Å². The van der Waals surface area contributed by atoms with Gasteiger partial charge in [0.25, 0.3) is 5.91 Å². The van der Waals surface area contributed by atoms with E-state index in [1.807, 2.05) is 36.4 Å². The Morgan fingerprint density at radius 3 is 2.76 bits per heavy atom. The molecule has 1 aliphatic rings. The first-order valence-electron chi connectivity index (χ1n) is 9.60. The summed E-state index contributed by atoms with van der Waals surface area (Å²) in [7, 11) is 1.67. The van der Waals surface area contributed by atoms with E-state index in [-0.39, 0.29) is 11.8 Å². The highest BCUT2D eigenvalue weighted by Gasteiger charge is 2.42. The van der Waals surface area contributed by atoms with Crippen molar-refractivity contribution < 1.29 is 9.90 Å². The summed E-state index contributed by atoms with van der Waals surface area (Å²) in [6, 6.07) is 11.5. The smallest absolute Gasteiger partial charge is 0.267 e. The number of carbonyl (C=O) groups is 1. The van der Waals surface area contributed by atoms with Gasteiger partial charge in [-0.25, -0.2) is 15.0 Å². The number of aliphatic hydroxyl groups is 1. The van der Waals surface area contributed by atoms with Gasteiger partial charge in [-0.3, -0.25) is 4.79 Å². The lowest BCUT2D eigenvalue weighted by Gasteiger charge is -2.13. The lowest BCUT2D eigenvalue weighted by atomic mass is 10.0. The van der Waals surface area contributed by atoms with Crippen LogP contribution in [0.4, 0.5) is 0 Å². The summed E-state index contributed by atoms with van der Waals surface area (Å²) in [6.07, 6.45) is 1.89. The van der Waals surface area contributed by atoms with Crippen molar-refractivity contribution in [3.63, 3.8) is 0 Å². The maximum absolute atomic E-state index is 12.1. The number of hydrogen-bond donors (Lipinski definition) is 1. The third-order valence-corrected chi connectivity index (χ3v) is 5.14. The maximum Gasteiger partial charge on any atom is 0.267 e. The van der Waals surface area contributed by atoms with Crippen LogP contribution in [0, 0.1) is 11.8 Å². The zero-order chi connectivity index (χ0) is 20.6. The monoisotopic (exact) mass is 386 g/mol. The Labute approximate surface area is 169 Å². The molecule has 1 atom stereocenters. The van der Waals surface area contributed by atoms with Gasteiger partial charge in [0.15, 0.2) is 0 Å². The Bertz CT molecular complexity index is 1160. The summed E-state index contributed by atoms with van der Waals surface area (Å²) in [5.41, 5.74) is 3.34. The largest absolute Gasteiger partial charge is 0.369 e. The Morgan fingerprint density at radius 1 is 1.21 bits per heavy atom. The van der Waals surface area contributed by atoms with Crippen LogP contribution in [0.5, 0.6) is 0 Å². The number of pyridine rings is 1. The number of rotatable bonds is 2. The van der Waals surface area contributed by atoms with Crippen molar-refractivity contribution in [1.82, 2.24) is 19.9 Å². The van der Waals surface area contributed by atoms with Crippen molar-refractivity contribution in [3.05, 3.63) is 54.0 Å². The molecular weight excluding hydrogens is 364 g/mol. The number of nitrogens with zero attached hydrogens (tertiary/aromatic N) is 4. The van der Waals surface area contributed by atoms with Crippen LogP contribution in [0.3, 0.4) is 0 Å². The molecule has 1 saturated heterocycles. The molecule has 0 spiro atoms. The van der Waals surface area contributed by atoms with E-state index in [9.17, 15) is 9.90 Å². The van der Waals surface area contributed by atoms with Gasteiger partial charge < -0.3 is 10.0 Å². The summed E-state index contributed by atoms with van der Waals surface area (Å²) in [5.74, 6) is 5.61. The van der Waals surface area contributed by atoms with E-state index in [0.29, 0.717) is 18.5 Å². The molecule has 4 rings (SSSR count). The molecule has 2 aromatic heterocycles. The molecule has 1 fully saturated rings. The Hall–Kier alpha value is -3.30. The fourth-order valence-electron chi connectivity index (χ4n) is 3.44. The van der Waals surface area contributed by atoms with Gasteiger partial charge in [-0.1, -0.05) is 37.8 Å². The van der Waals surface area contributed by atoms with Crippen LogP contribution in [-0.4, -0.2) is 50.1 Å². The van der Waals surface area contributed by atoms with Gasteiger partial charge >= 0.3 is 0 Å². The highest BCUT2D eigenvalue weighted by molar-refractivity contribution is 5.90. The maximum atomic E-state index is 12.1. The van der Waals surface area contributed by atoms with Crippen LogP contribution in [0.25, 0.3) is 22.3 Å². The van der Waals surface area contributed by atoms with Gasteiger partial charge in [0, 0.05) is 31.1 Å². The molecule has 1 N–H and O–H groups in total. The molecule has 1 aromatic carbocycles. The highest BCUT2D eigenvalue weighted by atomic mass is 16.3. The normalized spacial score (nSPS) is 18.9. The summed E-state index contributed by atoms with van der Waals surface area (Å²) >= 11 is 0. The Morgan fingerprint density at radius 2 is 2.03 bits per heavy atom. The molecule has 3 heterocycles.